The van der Waals surface area contributed by atoms with E-state index in [0.717, 1.165) is 12.4 Å². The highest BCUT2D eigenvalue weighted by atomic mass is 32.1. The van der Waals surface area contributed by atoms with Crippen LogP contribution in [0.3, 0.4) is 0 Å². The lowest BCUT2D eigenvalue weighted by molar-refractivity contribution is 0.518. The molecule has 0 aliphatic heterocycles. The number of hydrogen-bond donors (Lipinski definition) is 2. The summed E-state index contributed by atoms with van der Waals surface area (Å²) in [4.78, 5) is 4.67. The third-order valence-electron chi connectivity index (χ3n) is 2.73. The average molecular weight is 237 g/mol. The summed E-state index contributed by atoms with van der Waals surface area (Å²) in [5.41, 5.74) is 6.20. The summed E-state index contributed by atoms with van der Waals surface area (Å²) >= 11 is 4.89. The summed E-state index contributed by atoms with van der Waals surface area (Å²) in [5.74, 6) is 1.53. The molecule has 0 unspecified atom stereocenters. The minimum Gasteiger partial charge on any atom is -0.388 e. The molecule has 1 aromatic rings. The summed E-state index contributed by atoms with van der Waals surface area (Å²) in [7, 11) is 0. The average Bonchev–Trinajstić information content (AvgIpc) is 2.31. The van der Waals surface area contributed by atoms with E-state index in [-0.39, 0.29) is 0 Å². The van der Waals surface area contributed by atoms with Crippen LogP contribution in [-0.4, -0.2) is 16.5 Å². The Morgan fingerprint density at radius 1 is 1.44 bits per heavy atom. The third kappa shape index (κ3) is 3.77. The van der Waals surface area contributed by atoms with Crippen LogP contribution in [0, 0.1) is 5.92 Å². The van der Waals surface area contributed by atoms with E-state index in [0.29, 0.717) is 16.6 Å². The Balaban J connectivity index is 2.60. The molecule has 16 heavy (non-hydrogen) atoms. The third-order valence-corrected chi connectivity index (χ3v) is 2.94. The van der Waals surface area contributed by atoms with Crippen LogP contribution in [0.1, 0.15) is 32.4 Å². The van der Waals surface area contributed by atoms with Crippen LogP contribution in [0.25, 0.3) is 0 Å². The number of aromatic nitrogens is 1. The molecule has 0 aliphatic carbocycles. The normalized spacial score (nSPS) is 10.4. The van der Waals surface area contributed by atoms with Crippen molar-refractivity contribution in [1.82, 2.24) is 4.98 Å². The predicted octanol–water partition coefficient (Wildman–Crippen LogP) is 2.56. The van der Waals surface area contributed by atoms with Crippen molar-refractivity contribution in [2.75, 3.05) is 11.9 Å². The number of anilines is 1. The monoisotopic (exact) mass is 237 g/mol. The first-order chi connectivity index (χ1) is 7.67. The van der Waals surface area contributed by atoms with E-state index in [1.165, 1.54) is 12.8 Å². The second-order valence-electron chi connectivity index (χ2n) is 3.84. The van der Waals surface area contributed by atoms with Crippen molar-refractivity contribution in [2.24, 2.45) is 11.7 Å². The topological polar surface area (TPSA) is 50.9 Å². The molecule has 0 radical (unpaired) electrons. The number of rotatable bonds is 6. The Hall–Kier alpha value is -1.16. The Bertz CT molecular complexity index is 348. The van der Waals surface area contributed by atoms with Crippen LogP contribution in [0.5, 0.6) is 0 Å². The summed E-state index contributed by atoms with van der Waals surface area (Å²) in [6.45, 7) is 5.35. The van der Waals surface area contributed by atoms with Gasteiger partial charge in [0, 0.05) is 6.54 Å². The van der Waals surface area contributed by atoms with Gasteiger partial charge in [-0.25, -0.2) is 4.98 Å². The zero-order chi connectivity index (χ0) is 12.0. The molecule has 1 heterocycles. The molecule has 0 amide bonds. The first kappa shape index (κ1) is 12.9. The van der Waals surface area contributed by atoms with Crippen LogP contribution in [0.15, 0.2) is 18.2 Å². The van der Waals surface area contributed by atoms with E-state index in [9.17, 15) is 0 Å². The lowest BCUT2D eigenvalue weighted by atomic mass is 10.0. The molecule has 3 N–H and O–H groups in total. The van der Waals surface area contributed by atoms with Gasteiger partial charge in [0.15, 0.2) is 0 Å². The molecule has 0 atom stereocenters. The summed E-state index contributed by atoms with van der Waals surface area (Å²) in [5, 5.41) is 3.32. The van der Waals surface area contributed by atoms with Crippen LogP contribution < -0.4 is 11.1 Å². The zero-order valence-electron chi connectivity index (χ0n) is 9.86. The molecule has 0 aliphatic rings. The zero-order valence-corrected chi connectivity index (χ0v) is 10.7. The lowest BCUT2D eigenvalue weighted by Crippen LogP contribution is -2.16. The van der Waals surface area contributed by atoms with E-state index in [2.05, 4.69) is 24.1 Å². The first-order valence-corrected chi connectivity index (χ1v) is 6.08. The number of thiocarbonyl (C=S) groups is 1. The Morgan fingerprint density at radius 2 is 2.12 bits per heavy atom. The molecule has 0 spiro atoms. The fraction of sp³-hybridized carbons (Fsp3) is 0.500. The van der Waals surface area contributed by atoms with E-state index in [1.807, 2.05) is 18.2 Å². The molecule has 1 rings (SSSR count). The molecule has 1 aromatic heterocycles. The molecule has 0 saturated heterocycles. The minimum atomic E-state index is 0.339. The minimum absolute atomic E-state index is 0.339. The van der Waals surface area contributed by atoms with E-state index < -0.39 is 0 Å². The van der Waals surface area contributed by atoms with E-state index >= 15 is 0 Å². The fourth-order valence-corrected chi connectivity index (χ4v) is 1.61. The molecular weight excluding hydrogens is 218 g/mol. The smallest absolute Gasteiger partial charge is 0.126 e. The molecular formula is C12H19N3S. The van der Waals surface area contributed by atoms with Gasteiger partial charge in [-0.3, -0.25) is 0 Å². The maximum absolute atomic E-state index is 5.53. The maximum Gasteiger partial charge on any atom is 0.126 e. The molecule has 0 aromatic carbocycles. The fourth-order valence-electron chi connectivity index (χ4n) is 1.50. The van der Waals surface area contributed by atoms with Crippen molar-refractivity contribution in [3.63, 3.8) is 0 Å². The molecule has 0 fully saturated rings. The highest BCUT2D eigenvalue weighted by Crippen LogP contribution is 2.10. The van der Waals surface area contributed by atoms with Gasteiger partial charge in [-0.2, -0.15) is 0 Å². The van der Waals surface area contributed by atoms with Crippen molar-refractivity contribution in [2.45, 2.75) is 26.7 Å². The second-order valence-corrected chi connectivity index (χ2v) is 4.28. The predicted molar refractivity (Wildman–Crippen MR) is 72.7 cm³/mol. The summed E-state index contributed by atoms with van der Waals surface area (Å²) in [6.07, 6.45) is 2.36. The van der Waals surface area contributed by atoms with E-state index in [1.54, 1.807) is 0 Å². The Morgan fingerprint density at radius 3 is 2.69 bits per heavy atom. The highest BCUT2D eigenvalue weighted by molar-refractivity contribution is 7.80. The van der Waals surface area contributed by atoms with Gasteiger partial charge in [-0.15, -0.1) is 0 Å². The van der Waals surface area contributed by atoms with Crippen LogP contribution in [0.2, 0.25) is 0 Å². The molecule has 88 valence electrons. The lowest BCUT2D eigenvalue weighted by Gasteiger charge is -2.13. The summed E-state index contributed by atoms with van der Waals surface area (Å²) in [6, 6.07) is 5.67. The van der Waals surface area contributed by atoms with Gasteiger partial charge < -0.3 is 11.1 Å². The van der Waals surface area contributed by atoms with Gasteiger partial charge in [0.1, 0.15) is 10.8 Å². The number of pyridine rings is 1. The van der Waals surface area contributed by atoms with Crippen LogP contribution >= 0.6 is 12.2 Å². The molecule has 3 nitrogen and oxygen atoms in total. The number of nitrogens with zero attached hydrogens (tertiary/aromatic N) is 1. The van der Waals surface area contributed by atoms with Gasteiger partial charge >= 0.3 is 0 Å². The van der Waals surface area contributed by atoms with Gasteiger partial charge in [0.25, 0.3) is 0 Å². The standard InChI is InChI=1S/C12H19N3S/c1-3-9(4-2)8-14-11-7-5-6-10(15-11)12(13)16/h5-7,9H,3-4,8H2,1-2H3,(H2,13,16)(H,14,15). The SMILES string of the molecule is CCC(CC)CNc1cccc(C(N)=S)n1. The van der Waals surface area contributed by atoms with Crippen molar-refractivity contribution in [1.29, 1.82) is 0 Å². The first-order valence-electron chi connectivity index (χ1n) is 5.68. The van der Waals surface area contributed by atoms with Crippen LogP contribution in [-0.2, 0) is 0 Å². The number of hydrogen-bond acceptors (Lipinski definition) is 3. The van der Waals surface area contributed by atoms with Gasteiger partial charge in [0.2, 0.25) is 0 Å². The Labute approximate surface area is 102 Å². The quantitative estimate of drug-likeness (QED) is 0.747. The van der Waals surface area contributed by atoms with Gasteiger partial charge in [0.05, 0.1) is 5.69 Å². The summed E-state index contributed by atoms with van der Waals surface area (Å²) < 4.78 is 0. The maximum atomic E-state index is 5.53. The van der Waals surface area contributed by atoms with Crippen molar-refractivity contribution in [3.8, 4) is 0 Å². The molecule has 4 heteroatoms. The van der Waals surface area contributed by atoms with Crippen molar-refractivity contribution < 1.29 is 0 Å². The van der Waals surface area contributed by atoms with Crippen molar-refractivity contribution in [3.05, 3.63) is 23.9 Å². The van der Waals surface area contributed by atoms with Crippen LogP contribution in [0.4, 0.5) is 5.82 Å². The Kier molecular flexibility index (Phi) is 5.19. The van der Waals surface area contributed by atoms with Gasteiger partial charge in [-0.1, -0.05) is 45.0 Å². The van der Waals surface area contributed by atoms with E-state index in [4.69, 9.17) is 18.0 Å². The number of nitrogens with one attached hydrogen (secondary N) is 1. The van der Waals surface area contributed by atoms with Gasteiger partial charge in [-0.05, 0) is 18.1 Å². The largest absolute Gasteiger partial charge is 0.388 e. The highest BCUT2D eigenvalue weighted by Gasteiger charge is 2.04. The number of nitrogens with two attached hydrogens (primary N) is 1. The van der Waals surface area contributed by atoms with Crippen molar-refractivity contribution >= 4 is 23.0 Å². The molecule has 0 bridgehead atoms. The molecule has 0 saturated carbocycles. The second kappa shape index (κ2) is 6.43.